The molecule has 10 heavy (non-hydrogen) atoms. The van der Waals surface area contributed by atoms with Crippen molar-refractivity contribution in [3.63, 3.8) is 0 Å². The first-order valence-electron chi connectivity index (χ1n) is 3.20. The van der Waals surface area contributed by atoms with E-state index in [9.17, 15) is 4.79 Å². The molecule has 0 fully saturated rings. The van der Waals surface area contributed by atoms with Crippen molar-refractivity contribution in [3.05, 3.63) is 0 Å². The first-order chi connectivity index (χ1) is 4.34. The fourth-order valence-corrected chi connectivity index (χ4v) is 0.483. The third kappa shape index (κ3) is 3.88. The molecule has 3 heteroatoms. The van der Waals surface area contributed by atoms with Gasteiger partial charge in [-0.15, -0.1) is 0 Å². The summed E-state index contributed by atoms with van der Waals surface area (Å²) in [6, 6.07) is 0. The average molecular weight is 209 g/mol. The van der Waals surface area contributed by atoms with Gasteiger partial charge in [-0.25, -0.2) is 0 Å². The van der Waals surface area contributed by atoms with E-state index in [2.05, 4.69) is 15.9 Å². The molecule has 0 saturated heterocycles. The largest absolute Gasteiger partial charge is 0.461 e. The SMILES string of the molecule is CC(=O)O[C@H](C)C(C)(C)Br. The molecule has 0 rings (SSSR count). The number of hydrogen-bond acceptors (Lipinski definition) is 2. The molecular formula is C7H13BrO2. The highest BCUT2D eigenvalue weighted by Gasteiger charge is 2.24. The molecule has 0 aromatic rings. The van der Waals surface area contributed by atoms with Crippen LogP contribution in [0.3, 0.4) is 0 Å². The maximum atomic E-state index is 10.5. The minimum absolute atomic E-state index is 0.0926. The Hall–Kier alpha value is -0.0500. The molecular weight excluding hydrogens is 196 g/mol. The minimum Gasteiger partial charge on any atom is -0.461 e. The van der Waals surface area contributed by atoms with Crippen LogP contribution in [0.2, 0.25) is 0 Å². The van der Waals surface area contributed by atoms with Crippen LogP contribution in [0.1, 0.15) is 27.7 Å². The number of ether oxygens (including phenoxy) is 1. The van der Waals surface area contributed by atoms with Gasteiger partial charge in [0, 0.05) is 6.92 Å². The number of alkyl halides is 1. The van der Waals surface area contributed by atoms with E-state index in [0.29, 0.717) is 0 Å². The van der Waals surface area contributed by atoms with Gasteiger partial charge in [0.25, 0.3) is 0 Å². The van der Waals surface area contributed by atoms with Crippen molar-refractivity contribution in [1.29, 1.82) is 0 Å². The number of hydrogen-bond donors (Lipinski definition) is 0. The van der Waals surface area contributed by atoms with Crippen molar-refractivity contribution in [3.8, 4) is 0 Å². The fraction of sp³-hybridized carbons (Fsp3) is 0.857. The molecule has 0 bridgehead atoms. The van der Waals surface area contributed by atoms with E-state index in [1.54, 1.807) is 0 Å². The Morgan fingerprint density at radius 1 is 1.60 bits per heavy atom. The molecule has 0 aliphatic heterocycles. The zero-order valence-corrected chi connectivity index (χ0v) is 8.36. The average Bonchev–Trinajstić information content (AvgIpc) is 1.60. The second-order valence-electron chi connectivity index (χ2n) is 2.82. The van der Waals surface area contributed by atoms with Gasteiger partial charge in [0.05, 0.1) is 4.32 Å². The summed E-state index contributed by atoms with van der Waals surface area (Å²) >= 11 is 3.40. The molecule has 0 heterocycles. The summed E-state index contributed by atoms with van der Waals surface area (Å²) in [4.78, 5) is 10.5. The summed E-state index contributed by atoms with van der Waals surface area (Å²) in [6.07, 6.45) is -0.0926. The smallest absolute Gasteiger partial charge is 0.302 e. The lowest BCUT2D eigenvalue weighted by Gasteiger charge is -2.24. The minimum atomic E-state index is -0.236. The standard InChI is InChI=1S/C7H13BrO2/c1-5(7(3,4)8)10-6(2)9/h5H,1-4H3/t5-/m1/s1. The lowest BCUT2D eigenvalue weighted by Crippen LogP contribution is -2.30. The summed E-state index contributed by atoms with van der Waals surface area (Å²) in [5, 5.41) is 0. The van der Waals surface area contributed by atoms with Crippen LogP contribution in [0.25, 0.3) is 0 Å². The van der Waals surface area contributed by atoms with Gasteiger partial charge in [-0.05, 0) is 20.8 Å². The molecule has 0 N–H and O–H groups in total. The normalized spacial score (nSPS) is 14.5. The molecule has 0 aliphatic rings. The monoisotopic (exact) mass is 208 g/mol. The predicted molar refractivity (Wildman–Crippen MR) is 44.2 cm³/mol. The van der Waals surface area contributed by atoms with E-state index in [1.807, 2.05) is 20.8 Å². The Labute approximate surface area is 70.1 Å². The van der Waals surface area contributed by atoms with E-state index in [0.717, 1.165) is 0 Å². The van der Waals surface area contributed by atoms with Gasteiger partial charge in [-0.3, -0.25) is 4.79 Å². The maximum absolute atomic E-state index is 10.5. The number of rotatable bonds is 2. The summed E-state index contributed by atoms with van der Waals surface area (Å²) in [7, 11) is 0. The van der Waals surface area contributed by atoms with Gasteiger partial charge in [0.2, 0.25) is 0 Å². The molecule has 0 saturated carbocycles. The highest BCUT2D eigenvalue weighted by atomic mass is 79.9. The zero-order chi connectivity index (χ0) is 8.36. The Kier molecular flexibility index (Phi) is 3.36. The zero-order valence-electron chi connectivity index (χ0n) is 6.77. The van der Waals surface area contributed by atoms with Gasteiger partial charge >= 0.3 is 5.97 Å². The van der Waals surface area contributed by atoms with Gasteiger partial charge in [0.15, 0.2) is 0 Å². The van der Waals surface area contributed by atoms with Crippen molar-refractivity contribution in [1.82, 2.24) is 0 Å². The van der Waals surface area contributed by atoms with Gasteiger partial charge in [-0.1, -0.05) is 15.9 Å². The highest BCUT2D eigenvalue weighted by Crippen LogP contribution is 2.22. The van der Waals surface area contributed by atoms with Crippen LogP contribution in [-0.4, -0.2) is 16.4 Å². The lowest BCUT2D eigenvalue weighted by molar-refractivity contribution is -0.146. The Morgan fingerprint density at radius 2 is 2.00 bits per heavy atom. The Morgan fingerprint density at radius 3 is 2.10 bits per heavy atom. The van der Waals surface area contributed by atoms with Crippen LogP contribution >= 0.6 is 15.9 Å². The quantitative estimate of drug-likeness (QED) is 0.514. The van der Waals surface area contributed by atoms with Crippen LogP contribution in [0.15, 0.2) is 0 Å². The van der Waals surface area contributed by atoms with Crippen molar-refractivity contribution < 1.29 is 9.53 Å². The van der Waals surface area contributed by atoms with Crippen LogP contribution in [0.4, 0.5) is 0 Å². The van der Waals surface area contributed by atoms with E-state index >= 15 is 0 Å². The van der Waals surface area contributed by atoms with Crippen molar-refractivity contribution in [2.45, 2.75) is 38.1 Å². The molecule has 0 aromatic carbocycles. The first-order valence-corrected chi connectivity index (χ1v) is 3.99. The topological polar surface area (TPSA) is 26.3 Å². The molecule has 0 radical (unpaired) electrons. The van der Waals surface area contributed by atoms with E-state index < -0.39 is 0 Å². The van der Waals surface area contributed by atoms with E-state index in [4.69, 9.17) is 4.74 Å². The molecule has 0 aliphatic carbocycles. The summed E-state index contributed by atoms with van der Waals surface area (Å²) in [5.74, 6) is -0.236. The van der Waals surface area contributed by atoms with Crippen LogP contribution in [0, 0.1) is 0 Å². The summed E-state index contributed by atoms with van der Waals surface area (Å²) in [5.41, 5.74) is 0. The van der Waals surface area contributed by atoms with Gasteiger partial charge in [0.1, 0.15) is 6.10 Å². The lowest BCUT2D eigenvalue weighted by atomic mass is 10.1. The van der Waals surface area contributed by atoms with Crippen LogP contribution in [-0.2, 0) is 9.53 Å². The van der Waals surface area contributed by atoms with Gasteiger partial charge < -0.3 is 4.74 Å². The number of esters is 1. The molecule has 0 aromatic heterocycles. The number of carbonyl (C=O) groups is 1. The first kappa shape index (κ1) is 9.95. The molecule has 0 amide bonds. The highest BCUT2D eigenvalue weighted by molar-refractivity contribution is 9.10. The van der Waals surface area contributed by atoms with E-state index in [-0.39, 0.29) is 16.4 Å². The number of carbonyl (C=O) groups excluding carboxylic acids is 1. The molecule has 0 spiro atoms. The predicted octanol–water partition coefficient (Wildman–Crippen LogP) is 2.11. The molecule has 0 unspecified atom stereocenters. The summed E-state index contributed by atoms with van der Waals surface area (Å²) in [6.45, 7) is 7.19. The fourth-order valence-electron chi connectivity index (χ4n) is 0.389. The second kappa shape index (κ2) is 3.37. The van der Waals surface area contributed by atoms with Crippen molar-refractivity contribution in [2.24, 2.45) is 0 Å². The summed E-state index contributed by atoms with van der Waals surface area (Å²) < 4.78 is 4.79. The van der Waals surface area contributed by atoms with Crippen LogP contribution in [0.5, 0.6) is 0 Å². The molecule has 2 nitrogen and oxygen atoms in total. The number of halogens is 1. The molecule has 1 atom stereocenters. The van der Waals surface area contributed by atoms with E-state index in [1.165, 1.54) is 6.92 Å². The second-order valence-corrected chi connectivity index (χ2v) is 4.86. The van der Waals surface area contributed by atoms with Gasteiger partial charge in [-0.2, -0.15) is 0 Å². The Bertz CT molecular complexity index is 126. The molecule has 60 valence electrons. The Balaban J connectivity index is 3.85. The van der Waals surface area contributed by atoms with Crippen molar-refractivity contribution >= 4 is 21.9 Å². The van der Waals surface area contributed by atoms with Crippen molar-refractivity contribution in [2.75, 3.05) is 0 Å². The third-order valence-corrected chi connectivity index (χ3v) is 1.95. The maximum Gasteiger partial charge on any atom is 0.302 e. The third-order valence-electron chi connectivity index (χ3n) is 1.31. The van der Waals surface area contributed by atoms with Crippen LogP contribution < -0.4 is 0 Å².